The van der Waals surface area contributed by atoms with Gasteiger partial charge in [-0.2, -0.15) is 0 Å². The molecular weight excluding hydrogens is 312 g/mol. The van der Waals surface area contributed by atoms with Crippen molar-refractivity contribution in [2.75, 3.05) is 6.61 Å². The minimum Gasteiger partial charge on any atom is -0.461 e. The number of hydrogen-bond donors (Lipinski definition) is 0. The highest BCUT2D eigenvalue weighted by atomic mass is 16.5. The predicted octanol–water partition coefficient (Wildman–Crippen LogP) is 3.76. The molecule has 4 nitrogen and oxygen atoms in total. The Morgan fingerprint density at radius 2 is 1.68 bits per heavy atom. The molecule has 0 N–H and O–H groups in total. The van der Waals surface area contributed by atoms with E-state index in [-0.39, 0.29) is 0 Å². The quantitative estimate of drug-likeness (QED) is 0.542. The van der Waals surface area contributed by atoms with Crippen LogP contribution in [-0.4, -0.2) is 22.1 Å². The number of rotatable bonds is 3. The highest BCUT2D eigenvalue weighted by Crippen LogP contribution is 2.18. The van der Waals surface area contributed by atoms with Gasteiger partial charge in [-0.25, -0.2) is 9.78 Å². The van der Waals surface area contributed by atoms with Crippen LogP contribution in [0.1, 0.15) is 34.5 Å². The lowest BCUT2D eigenvalue weighted by atomic mass is 10.2. The summed E-state index contributed by atoms with van der Waals surface area (Å²) in [5, 5.41) is 0. The van der Waals surface area contributed by atoms with Crippen molar-refractivity contribution in [2.45, 2.75) is 13.8 Å². The molecule has 3 aromatic rings. The summed E-state index contributed by atoms with van der Waals surface area (Å²) < 4.78 is 6.99. The number of aromatic nitrogens is 2. The predicted molar refractivity (Wildman–Crippen MR) is 96.7 cm³/mol. The van der Waals surface area contributed by atoms with Crippen LogP contribution in [0.15, 0.2) is 60.7 Å². The SMILES string of the molecule is CCOC(=O)c1nc(C#Cc2ccccc2)n(-c2ccccc2)c1C. The molecule has 0 atom stereocenters. The third kappa shape index (κ3) is 3.61. The monoisotopic (exact) mass is 330 g/mol. The number of nitrogens with zero attached hydrogens (tertiary/aromatic N) is 2. The van der Waals surface area contributed by atoms with E-state index in [1.54, 1.807) is 6.92 Å². The zero-order valence-corrected chi connectivity index (χ0v) is 14.2. The van der Waals surface area contributed by atoms with Gasteiger partial charge in [-0.3, -0.25) is 4.57 Å². The summed E-state index contributed by atoms with van der Waals surface area (Å²) in [7, 11) is 0. The van der Waals surface area contributed by atoms with Crippen molar-refractivity contribution in [2.24, 2.45) is 0 Å². The van der Waals surface area contributed by atoms with Gasteiger partial charge < -0.3 is 4.74 Å². The first-order valence-electron chi connectivity index (χ1n) is 8.09. The van der Waals surface area contributed by atoms with Crippen LogP contribution in [-0.2, 0) is 4.74 Å². The minimum atomic E-state index is -0.433. The Morgan fingerprint density at radius 1 is 1.04 bits per heavy atom. The highest BCUT2D eigenvalue weighted by molar-refractivity contribution is 5.89. The molecule has 0 fully saturated rings. The van der Waals surface area contributed by atoms with E-state index in [2.05, 4.69) is 16.8 Å². The average molecular weight is 330 g/mol. The molecule has 2 aromatic carbocycles. The lowest BCUT2D eigenvalue weighted by Gasteiger charge is -2.07. The standard InChI is InChI=1S/C21H18N2O2/c1-3-25-21(24)20-16(2)23(18-12-8-5-9-13-18)19(22-20)15-14-17-10-6-4-7-11-17/h4-13H,3H2,1-2H3. The first-order valence-corrected chi connectivity index (χ1v) is 8.09. The van der Waals surface area contributed by atoms with Gasteiger partial charge in [-0.05, 0) is 44.0 Å². The van der Waals surface area contributed by atoms with E-state index < -0.39 is 5.97 Å². The van der Waals surface area contributed by atoms with Crippen LogP contribution >= 0.6 is 0 Å². The molecule has 0 spiro atoms. The Kier molecular flexibility index (Phi) is 4.96. The van der Waals surface area contributed by atoms with Gasteiger partial charge in [0, 0.05) is 11.3 Å². The van der Waals surface area contributed by atoms with Gasteiger partial charge in [0.2, 0.25) is 0 Å². The number of ether oxygens (including phenoxy) is 1. The molecule has 25 heavy (non-hydrogen) atoms. The summed E-state index contributed by atoms with van der Waals surface area (Å²) in [5.74, 6) is 6.25. The number of carbonyl (C=O) groups excluding carboxylic acids is 1. The van der Waals surface area contributed by atoms with E-state index >= 15 is 0 Å². The fourth-order valence-corrected chi connectivity index (χ4v) is 2.52. The summed E-state index contributed by atoms with van der Waals surface area (Å²) >= 11 is 0. The number of esters is 1. The van der Waals surface area contributed by atoms with Crippen molar-refractivity contribution in [3.8, 4) is 17.5 Å². The van der Waals surface area contributed by atoms with Gasteiger partial charge in [-0.15, -0.1) is 0 Å². The first-order chi connectivity index (χ1) is 12.2. The normalized spacial score (nSPS) is 10.0. The van der Waals surface area contributed by atoms with Crippen molar-refractivity contribution in [3.05, 3.63) is 83.4 Å². The molecular formula is C21H18N2O2. The third-order valence-corrected chi connectivity index (χ3v) is 3.68. The number of hydrogen-bond acceptors (Lipinski definition) is 3. The third-order valence-electron chi connectivity index (χ3n) is 3.68. The summed E-state index contributed by atoms with van der Waals surface area (Å²) in [4.78, 5) is 16.6. The van der Waals surface area contributed by atoms with Crippen molar-refractivity contribution >= 4 is 5.97 Å². The Hall–Kier alpha value is -3.32. The van der Waals surface area contributed by atoms with Crippen LogP contribution in [0.3, 0.4) is 0 Å². The fourth-order valence-electron chi connectivity index (χ4n) is 2.52. The molecule has 1 aromatic heterocycles. The highest BCUT2D eigenvalue weighted by Gasteiger charge is 2.20. The van der Waals surface area contributed by atoms with Crippen molar-refractivity contribution < 1.29 is 9.53 Å². The number of imidazole rings is 1. The topological polar surface area (TPSA) is 44.1 Å². The molecule has 3 rings (SSSR count). The molecule has 0 saturated carbocycles. The first kappa shape index (κ1) is 16.5. The summed E-state index contributed by atoms with van der Waals surface area (Å²) in [6, 6.07) is 19.4. The number of benzene rings is 2. The molecule has 0 aliphatic rings. The second-order valence-electron chi connectivity index (χ2n) is 5.38. The van der Waals surface area contributed by atoms with Crippen LogP contribution in [0.25, 0.3) is 5.69 Å². The van der Waals surface area contributed by atoms with Crippen LogP contribution in [0.5, 0.6) is 0 Å². The molecule has 0 aliphatic carbocycles. The zero-order valence-electron chi connectivity index (χ0n) is 14.2. The van der Waals surface area contributed by atoms with Gasteiger partial charge in [0.15, 0.2) is 11.5 Å². The van der Waals surface area contributed by atoms with Crippen molar-refractivity contribution in [3.63, 3.8) is 0 Å². The second kappa shape index (κ2) is 7.50. The Morgan fingerprint density at radius 3 is 2.32 bits per heavy atom. The van der Waals surface area contributed by atoms with Gasteiger partial charge in [0.1, 0.15) is 0 Å². The molecule has 0 amide bonds. The number of carbonyl (C=O) groups is 1. The van der Waals surface area contributed by atoms with Crippen LogP contribution in [0.4, 0.5) is 0 Å². The molecule has 4 heteroatoms. The van der Waals surface area contributed by atoms with Crippen LogP contribution in [0, 0.1) is 18.8 Å². The molecule has 0 saturated heterocycles. The fraction of sp³-hybridized carbons (Fsp3) is 0.143. The molecule has 0 radical (unpaired) electrons. The molecule has 124 valence electrons. The zero-order chi connectivity index (χ0) is 17.6. The molecule has 1 heterocycles. The van der Waals surface area contributed by atoms with Gasteiger partial charge in [0.05, 0.1) is 12.3 Å². The van der Waals surface area contributed by atoms with Crippen molar-refractivity contribution in [1.29, 1.82) is 0 Å². The maximum absolute atomic E-state index is 12.2. The summed E-state index contributed by atoms with van der Waals surface area (Å²) in [6.45, 7) is 3.93. The van der Waals surface area contributed by atoms with E-state index in [9.17, 15) is 4.79 Å². The van der Waals surface area contributed by atoms with Crippen LogP contribution in [0.2, 0.25) is 0 Å². The molecule has 0 bridgehead atoms. The lowest BCUT2D eigenvalue weighted by molar-refractivity contribution is 0.0519. The molecule has 0 aliphatic heterocycles. The van der Waals surface area contributed by atoms with Gasteiger partial charge >= 0.3 is 5.97 Å². The van der Waals surface area contributed by atoms with Crippen molar-refractivity contribution in [1.82, 2.24) is 9.55 Å². The van der Waals surface area contributed by atoms with E-state index in [1.807, 2.05) is 72.2 Å². The second-order valence-corrected chi connectivity index (χ2v) is 5.38. The van der Waals surface area contributed by atoms with Crippen LogP contribution < -0.4 is 0 Å². The van der Waals surface area contributed by atoms with E-state index in [4.69, 9.17) is 4.74 Å². The number of para-hydroxylation sites is 1. The maximum atomic E-state index is 12.2. The Labute approximate surface area is 147 Å². The van der Waals surface area contributed by atoms with E-state index in [0.717, 1.165) is 11.3 Å². The smallest absolute Gasteiger partial charge is 0.358 e. The van der Waals surface area contributed by atoms with E-state index in [0.29, 0.717) is 23.8 Å². The average Bonchev–Trinajstić information content (AvgIpc) is 2.98. The minimum absolute atomic E-state index is 0.295. The summed E-state index contributed by atoms with van der Waals surface area (Å²) in [5.41, 5.74) is 2.80. The maximum Gasteiger partial charge on any atom is 0.358 e. The van der Waals surface area contributed by atoms with Gasteiger partial charge in [0.25, 0.3) is 0 Å². The molecule has 0 unspecified atom stereocenters. The Balaban J connectivity index is 2.12. The summed E-state index contributed by atoms with van der Waals surface area (Å²) in [6.07, 6.45) is 0. The lowest BCUT2D eigenvalue weighted by Crippen LogP contribution is -2.07. The van der Waals surface area contributed by atoms with Gasteiger partial charge in [-0.1, -0.05) is 42.3 Å². The van der Waals surface area contributed by atoms with E-state index in [1.165, 1.54) is 0 Å². The largest absolute Gasteiger partial charge is 0.461 e. The Bertz CT molecular complexity index is 933.